The molecule has 0 aliphatic rings. The minimum Gasteiger partial charge on any atom is -0.346 e. The highest BCUT2D eigenvalue weighted by molar-refractivity contribution is 6.31. The summed E-state index contributed by atoms with van der Waals surface area (Å²) >= 11 is 11.9. The first-order valence-electron chi connectivity index (χ1n) is 8.19. The quantitative estimate of drug-likeness (QED) is 0.517. The predicted molar refractivity (Wildman–Crippen MR) is 103 cm³/mol. The molecule has 0 saturated carbocycles. The number of hydrogen-bond acceptors (Lipinski definition) is 4. The van der Waals surface area contributed by atoms with Gasteiger partial charge >= 0.3 is 0 Å². The zero-order chi connectivity index (χ0) is 17.9. The van der Waals surface area contributed by atoms with Gasteiger partial charge in [-0.15, -0.1) is 0 Å². The Hall–Kier alpha value is -2.50. The van der Waals surface area contributed by atoms with Crippen molar-refractivity contribution in [2.24, 2.45) is 0 Å². The van der Waals surface area contributed by atoms with Gasteiger partial charge < -0.3 is 4.98 Å². The van der Waals surface area contributed by atoms with Crippen LogP contribution in [0.15, 0.2) is 49.2 Å². The van der Waals surface area contributed by atoms with E-state index in [1.165, 1.54) is 0 Å². The number of aryl methyl sites for hydroxylation is 2. The molecular formula is C19H15Cl2N5. The number of nitrogens with one attached hydrogen (secondary N) is 1. The van der Waals surface area contributed by atoms with Crippen LogP contribution < -0.4 is 0 Å². The monoisotopic (exact) mass is 383 g/mol. The summed E-state index contributed by atoms with van der Waals surface area (Å²) in [5, 5.41) is 2.15. The number of hydrogen-bond donors (Lipinski definition) is 1. The summed E-state index contributed by atoms with van der Waals surface area (Å²) in [5.41, 5.74) is 4.12. The molecule has 0 saturated heterocycles. The smallest absolute Gasteiger partial charge is 0.137 e. The average molecular weight is 384 g/mol. The van der Waals surface area contributed by atoms with Gasteiger partial charge in [-0.1, -0.05) is 29.3 Å². The molecule has 0 radical (unpaired) electrons. The molecule has 1 N–H and O–H groups in total. The number of halogens is 2. The normalized spacial score (nSPS) is 11.2. The zero-order valence-corrected chi connectivity index (χ0v) is 15.3. The predicted octanol–water partition coefficient (Wildman–Crippen LogP) is 4.43. The zero-order valence-electron chi connectivity index (χ0n) is 13.8. The maximum absolute atomic E-state index is 6.05. The van der Waals surface area contributed by atoms with Crippen LogP contribution in [-0.2, 0) is 19.3 Å². The van der Waals surface area contributed by atoms with Gasteiger partial charge in [0.2, 0.25) is 0 Å². The molecule has 4 rings (SSSR count). The molecule has 4 aromatic heterocycles. The topological polar surface area (TPSA) is 67.3 Å². The molecule has 0 amide bonds. The lowest BCUT2D eigenvalue weighted by Crippen LogP contribution is -2.00. The molecule has 26 heavy (non-hydrogen) atoms. The Morgan fingerprint density at radius 1 is 0.846 bits per heavy atom. The molecule has 4 aromatic rings. The highest BCUT2D eigenvalue weighted by Crippen LogP contribution is 2.22. The molecule has 0 bridgehead atoms. The first-order chi connectivity index (χ1) is 12.7. The molecule has 0 unspecified atom stereocenters. The van der Waals surface area contributed by atoms with Crippen molar-refractivity contribution in [1.29, 1.82) is 0 Å². The van der Waals surface area contributed by atoms with Gasteiger partial charge in [0.25, 0.3) is 0 Å². The van der Waals surface area contributed by atoms with E-state index in [-0.39, 0.29) is 0 Å². The fourth-order valence-corrected chi connectivity index (χ4v) is 3.08. The van der Waals surface area contributed by atoms with Crippen LogP contribution in [0, 0.1) is 0 Å². The summed E-state index contributed by atoms with van der Waals surface area (Å²) in [6.07, 6.45) is 11.4. The van der Waals surface area contributed by atoms with E-state index in [2.05, 4.69) is 24.9 Å². The van der Waals surface area contributed by atoms with Gasteiger partial charge in [-0.25, -0.2) is 19.9 Å². The van der Waals surface area contributed by atoms with Crippen molar-refractivity contribution in [3.8, 4) is 0 Å². The van der Waals surface area contributed by atoms with Crippen LogP contribution in [0.1, 0.15) is 22.5 Å². The van der Waals surface area contributed by atoms with Crippen LogP contribution in [0.3, 0.4) is 0 Å². The number of rotatable bonds is 5. The van der Waals surface area contributed by atoms with Crippen molar-refractivity contribution in [2.75, 3.05) is 0 Å². The standard InChI is InChI=1S/C19H15Cl2N5/c20-15-6-16-14(10-25-19(16)26-11-15)5-13-8-23-18(24-9-13)4-2-12-1-3-17(21)22-7-12/h1,3,6-11H,2,4-5H2,(H,25,26). The van der Waals surface area contributed by atoms with Gasteiger partial charge in [0.15, 0.2) is 0 Å². The van der Waals surface area contributed by atoms with E-state index in [9.17, 15) is 0 Å². The molecule has 130 valence electrons. The van der Waals surface area contributed by atoms with Crippen LogP contribution in [0.25, 0.3) is 11.0 Å². The first-order valence-corrected chi connectivity index (χ1v) is 8.95. The molecular weight excluding hydrogens is 369 g/mol. The van der Waals surface area contributed by atoms with Crippen LogP contribution in [0.5, 0.6) is 0 Å². The minimum atomic E-state index is 0.503. The molecule has 4 heterocycles. The number of pyridine rings is 2. The summed E-state index contributed by atoms with van der Waals surface area (Å²) in [5.74, 6) is 0.812. The fraction of sp³-hybridized carbons (Fsp3) is 0.158. The first kappa shape index (κ1) is 16.9. The van der Waals surface area contributed by atoms with Crippen molar-refractivity contribution in [3.63, 3.8) is 0 Å². The maximum atomic E-state index is 6.05. The summed E-state index contributed by atoms with van der Waals surface area (Å²) in [4.78, 5) is 20.5. The Balaban J connectivity index is 1.43. The third kappa shape index (κ3) is 3.84. The fourth-order valence-electron chi connectivity index (χ4n) is 2.81. The van der Waals surface area contributed by atoms with Crippen molar-refractivity contribution in [1.82, 2.24) is 24.9 Å². The number of H-pyrrole nitrogens is 1. The van der Waals surface area contributed by atoms with E-state index in [0.717, 1.165) is 52.8 Å². The highest BCUT2D eigenvalue weighted by atomic mass is 35.5. The second-order valence-electron chi connectivity index (χ2n) is 6.04. The lowest BCUT2D eigenvalue weighted by Gasteiger charge is -2.03. The minimum absolute atomic E-state index is 0.503. The summed E-state index contributed by atoms with van der Waals surface area (Å²) in [6, 6.07) is 5.69. The van der Waals surface area contributed by atoms with Crippen molar-refractivity contribution < 1.29 is 0 Å². The van der Waals surface area contributed by atoms with Crippen molar-refractivity contribution >= 4 is 34.2 Å². The van der Waals surface area contributed by atoms with Gasteiger partial charge in [0.05, 0.1) is 5.02 Å². The lowest BCUT2D eigenvalue weighted by atomic mass is 10.1. The Bertz CT molecular complexity index is 1030. The summed E-state index contributed by atoms with van der Waals surface area (Å²) in [6.45, 7) is 0. The van der Waals surface area contributed by atoms with Crippen LogP contribution in [0.4, 0.5) is 0 Å². The number of aromatic nitrogens is 5. The number of aromatic amines is 1. The molecule has 0 aliphatic carbocycles. The van der Waals surface area contributed by atoms with E-state index in [0.29, 0.717) is 10.2 Å². The van der Waals surface area contributed by atoms with Crippen molar-refractivity contribution in [2.45, 2.75) is 19.3 Å². The molecule has 0 atom stereocenters. The maximum Gasteiger partial charge on any atom is 0.137 e. The molecule has 5 nitrogen and oxygen atoms in total. The van der Waals surface area contributed by atoms with E-state index < -0.39 is 0 Å². The van der Waals surface area contributed by atoms with Gasteiger partial charge in [-0.2, -0.15) is 0 Å². The van der Waals surface area contributed by atoms with Crippen LogP contribution in [-0.4, -0.2) is 24.9 Å². The molecule has 7 heteroatoms. The second kappa shape index (κ2) is 7.40. The van der Waals surface area contributed by atoms with Crippen LogP contribution in [0.2, 0.25) is 10.2 Å². The van der Waals surface area contributed by atoms with E-state index in [1.807, 2.05) is 30.7 Å². The summed E-state index contributed by atoms with van der Waals surface area (Å²) < 4.78 is 0. The molecule has 0 fully saturated rings. The van der Waals surface area contributed by atoms with Crippen molar-refractivity contribution in [3.05, 3.63) is 81.9 Å². The average Bonchev–Trinajstić information content (AvgIpc) is 3.04. The van der Waals surface area contributed by atoms with Crippen LogP contribution >= 0.6 is 23.2 Å². The SMILES string of the molecule is Clc1cnc2[nH]cc(Cc3cnc(CCc4ccc(Cl)nc4)nc3)c2c1. The third-order valence-corrected chi connectivity index (χ3v) is 4.59. The Morgan fingerprint density at radius 3 is 2.42 bits per heavy atom. The Labute approximate surface area is 160 Å². The van der Waals surface area contributed by atoms with E-state index in [1.54, 1.807) is 18.5 Å². The van der Waals surface area contributed by atoms with Gasteiger partial charge in [0.1, 0.15) is 16.6 Å². The van der Waals surface area contributed by atoms with Gasteiger partial charge in [-0.3, -0.25) is 0 Å². The summed E-state index contributed by atoms with van der Waals surface area (Å²) in [7, 11) is 0. The molecule has 0 spiro atoms. The molecule has 0 aliphatic heterocycles. The third-order valence-electron chi connectivity index (χ3n) is 4.16. The largest absolute Gasteiger partial charge is 0.346 e. The number of fused-ring (bicyclic) bond motifs is 1. The van der Waals surface area contributed by atoms with Gasteiger partial charge in [0, 0.05) is 49.2 Å². The van der Waals surface area contributed by atoms with Gasteiger partial charge in [-0.05, 0) is 35.2 Å². The molecule has 0 aromatic carbocycles. The lowest BCUT2D eigenvalue weighted by molar-refractivity contribution is 0.845. The Morgan fingerprint density at radius 2 is 1.65 bits per heavy atom. The number of nitrogens with zero attached hydrogens (tertiary/aromatic N) is 4. The van der Waals surface area contributed by atoms with E-state index >= 15 is 0 Å². The second-order valence-corrected chi connectivity index (χ2v) is 6.86. The Kier molecular flexibility index (Phi) is 4.82. The van der Waals surface area contributed by atoms with E-state index in [4.69, 9.17) is 23.2 Å². The highest BCUT2D eigenvalue weighted by Gasteiger charge is 2.07.